The van der Waals surface area contributed by atoms with Gasteiger partial charge in [-0.15, -0.1) is 0 Å². The van der Waals surface area contributed by atoms with Crippen LogP contribution in [0.1, 0.15) is 12.0 Å². The van der Waals surface area contributed by atoms with Gasteiger partial charge in [-0.05, 0) is 24.1 Å². The van der Waals surface area contributed by atoms with Crippen LogP contribution in [0.3, 0.4) is 0 Å². The van der Waals surface area contributed by atoms with E-state index in [0.717, 1.165) is 25.1 Å². The minimum atomic E-state index is -0.220. The predicted octanol–water partition coefficient (Wildman–Crippen LogP) is 0.164. The summed E-state index contributed by atoms with van der Waals surface area (Å²) in [4.78, 5) is 14.4. The van der Waals surface area contributed by atoms with Crippen molar-refractivity contribution in [2.75, 3.05) is 46.1 Å². The number of aliphatic hydroxyl groups is 1. The standard InChI is InChI=1S/C18H26N2O5/c21-12-14-1-3-15(4-2-14)25-17-13-24-8-5-16(17)19-18(22)11-20-6-9-23-10-7-20/h1-4,16-17,21H,5-13H2,(H,19,22)/t16-,17-/m1/s1. The molecule has 2 heterocycles. The van der Waals surface area contributed by atoms with Gasteiger partial charge in [-0.25, -0.2) is 0 Å². The van der Waals surface area contributed by atoms with Crippen LogP contribution >= 0.6 is 0 Å². The summed E-state index contributed by atoms with van der Waals surface area (Å²) in [6, 6.07) is 7.23. The van der Waals surface area contributed by atoms with Crippen molar-refractivity contribution < 1.29 is 24.1 Å². The summed E-state index contributed by atoms with van der Waals surface area (Å²) in [6.07, 6.45) is 0.510. The minimum Gasteiger partial charge on any atom is -0.486 e. The van der Waals surface area contributed by atoms with E-state index in [1.54, 1.807) is 0 Å². The predicted molar refractivity (Wildman–Crippen MR) is 91.4 cm³/mol. The third-order valence-corrected chi connectivity index (χ3v) is 4.51. The maximum absolute atomic E-state index is 12.3. The van der Waals surface area contributed by atoms with Crippen LogP contribution in [0, 0.1) is 0 Å². The maximum atomic E-state index is 12.3. The van der Waals surface area contributed by atoms with Gasteiger partial charge >= 0.3 is 0 Å². The summed E-state index contributed by atoms with van der Waals surface area (Å²) in [6.45, 7) is 4.40. The fraction of sp³-hybridized carbons (Fsp3) is 0.611. The molecule has 0 spiro atoms. The Balaban J connectivity index is 1.53. The first-order valence-corrected chi connectivity index (χ1v) is 8.78. The lowest BCUT2D eigenvalue weighted by atomic mass is 10.1. The number of rotatable bonds is 6. The highest BCUT2D eigenvalue weighted by molar-refractivity contribution is 5.78. The number of nitrogens with one attached hydrogen (secondary N) is 1. The zero-order valence-electron chi connectivity index (χ0n) is 14.4. The largest absolute Gasteiger partial charge is 0.486 e. The van der Waals surface area contributed by atoms with Crippen LogP contribution in [0.2, 0.25) is 0 Å². The van der Waals surface area contributed by atoms with Crippen LogP contribution in [-0.4, -0.2) is 74.1 Å². The Kier molecular flexibility index (Phi) is 6.63. The Bertz CT molecular complexity index is 545. The summed E-state index contributed by atoms with van der Waals surface area (Å²) in [5, 5.41) is 12.2. The highest BCUT2D eigenvalue weighted by atomic mass is 16.5. The maximum Gasteiger partial charge on any atom is 0.234 e. The SMILES string of the molecule is O=C(CN1CCOCC1)N[C@@H]1CCOC[C@H]1Oc1ccc(CO)cc1. The van der Waals surface area contributed by atoms with E-state index < -0.39 is 0 Å². The second kappa shape index (κ2) is 9.15. The molecule has 1 aromatic rings. The summed E-state index contributed by atoms with van der Waals surface area (Å²) in [7, 11) is 0. The van der Waals surface area contributed by atoms with E-state index in [1.165, 1.54) is 0 Å². The molecule has 0 aromatic heterocycles. The Labute approximate surface area is 147 Å². The van der Waals surface area contributed by atoms with E-state index in [9.17, 15) is 4.79 Å². The Morgan fingerprint density at radius 2 is 1.96 bits per heavy atom. The average Bonchev–Trinajstić information content (AvgIpc) is 2.65. The molecular formula is C18H26N2O5. The van der Waals surface area contributed by atoms with E-state index in [4.69, 9.17) is 19.3 Å². The summed E-state index contributed by atoms with van der Waals surface area (Å²) >= 11 is 0. The molecule has 2 fully saturated rings. The number of nitrogens with zero attached hydrogens (tertiary/aromatic N) is 1. The summed E-state index contributed by atoms with van der Waals surface area (Å²) in [5.74, 6) is 0.721. The minimum absolute atomic E-state index is 0.00699. The number of amides is 1. The van der Waals surface area contributed by atoms with Gasteiger partial charge in [-0.1, -0.05) is 12.1 Å². The third-order valence-electron chi connectivity index (χ3n) is 4.51. The second-order valence-corrected chi connectivity index (χ2v) is 6.38. The number of carbonyl (C=O) groups is 1. The van der Waals surface area contributed by atoms with Gasteiger partial charge in [0.2, 0.25) is 5.91 Å². The van der Waals surface area contributed by atoms with Gasteiger partial charge in [0.05, 0.1) is 39.0 Å². The van der Waals surface area contributed by atoms with Crippen LogP contribution in [0.5, 0.6) is 5.75 Å². The van der Waals surface area contributed by atoms with E-state index in [-0.39, 0.29) is 24.7 Å². The van der Waals surface area contributed by atoms with Crippen molar-refractivity contribution in [1.82, 2.24) is 10.2 Å². The first kappa shape index (κ1) is 18.1. The molecule has 0 radical (unpaired) electrons. The average molecular weight is 350 g/mol. The summed E-state index contributed by atoms with van der Waals surface area (Å²) in [5.41, 5.74) is 0.836. The van der Waals surface area contributed by atoms with Crippen molar-refractivity contribution in [3.63, 3.8) is 0 Å². The quantitative estimate of drug-likeness (QED) is 0.761. The molecule has 138 valence electrons. The molecule has 2 atom stereocenters. The van der Waals surface area contributed by atoms with E-state index in [1.807, 2.05) is 24.3 Å². The molecular weight excluding hydrogens is 324 g/mol. The van der Waals surface area contributed by atoms with Gasteiger partial charge in [-0.3, -0.25) is 9.69 Å². The topological polar surface area (TPSA) is 80.3 Å². The van der Waals surface area contributed by atoms with Crippen molar-refractivity contribution in [3.8, 4) is 5.75 Å². The van der Waals surface area contributed by atoms with Crippen LogP contribution in [0.4, 0.5) is 0 Å². The number of morpholine rings is 1. The second-order valence-electron chi connectivity index (χ2n) is 6.38. The molecule has 3 rings (SSSR count). The van der Waals surface area contributed by atoms with Gasteiger partial charge in [-0.2, -0.15) is 0 Å². The number of aliphatic hydroxyl groups excluding tert-OH is 1. The lowest BCUT2D eigenvalue weighted by Gasteiger charge is -2.33. The zero-order chi connectivity index (χ0) is 17.5. The molecule has 0 aliphatic carbocycles. The van der Waals surface area contributed by atoms with Gasteiger partial charge in [0.15, 0.2) is 0 Å². The van der Waals surface area contributed by atoms with Gasteiger partial charge in [0.25, 0.3) is 0 Å². The molecule has 2 N–H and O–H groups in total. The summed E-state index contributed by atoms with van der Waals surface area (Å²) < 4.78 is 16.8. The Morgan fingerprint density at radius 3 is 2.68 bits per heavy atom. The smallest absolute Gasteiger partial charge is 0.234 e. The molecule has 2 aliphatic rings. The molecule has 7 nitrogen and oxygen atoms in total. The fourth-order valence-corrected chi connectivity index (χ4v) is 3.06. The normalized spacial score (nSPS) is 24.7. The molecule has 0 bridgehead atoms. The van der Waals surface area contributed by atoms with Crippen molar-refractivity contribution in [2.24, 2.45) is 0 Å². The van der Waals surface area contributed by atoms with Crippen molar-refractivity contribution in [3.05, 3.63) is 29.8 Å². The van der Waals surface area contributed by atoms with E-state index in [2.05, 4.69) is 10.2 Å². The fourth-order valence-electron chi connectivity index (χ4n) is 3.06. The zero-order valence-corrected chi connectivity index (χ0v) is 14.4. The van der Waals surface area contributed by atoms with Gasteiger partial charge in [0.1, 0.15) is 11.9 Å². The molecule has 7 heteroatoms. The van der Waals surface area contributed by atoms with Crippen molar-refractivity contribution in [1.29, 1.82) is 0 Å². The number of carbonyl (C=O) groups excluding carboxylic acids is 1. The molecule has 0 saturated carbocycles. The van der Waals surface area contributed by atoms with Gasteiger partial charge in [0, 0.05) is 19.7 Å². The highest BCUT2D eigenvalue weighted by Gasteiger charge is 2.29. The molecule has 1 amide bonds. The number of ether oxygens (including phenoxy) is 3. The molecule has 1 aromatic carbocycles. The van der Waals surface area contributed by atoms with Crippen molar-refractivity contribution in [2.45, 2.75) is 25.2 Å². The van der Waals surface area contributed by atoms with Crippen LogP contribution in [-0.2, 0) is 20.9 Å². The molecule has 2 saturated heterocycles. The molecule has 2 aliphatic heterocycles. The number of benzene rings is 1. The first-order valence-electron chi connectivity index (χ1n) is 8.78. The number of hydrogen-bond acceptors (Lipinski definition) is 6. The van der Waals surface area contributed by atoms with Crippen LogP contribution in [0.15, 0.2) is 24.3 Å². The van der Waals surface area contributed by atoms with Crippen LogP contribution in [0.25, 0.3) is 0 Å². The lowest BCUT2D eigenvalue weighted by molar-refractivity contribution is -0.126. The van der Waals surface area contributed by atoms with E-state index in [0.29, 0.717) is 38.7 Å². The molecule has 0 unspecified atom stereocenters. The highest BCUT2D eigenvalue weighted by Crippen LogP contribution is 2.18. The first-order chi connectivity index (χ1) is 12.2. The lowest BCUT2D eigenvalue weighted by Crippen LogP contribution is -2.54. The van der Waals surface area contributed by atoms with Crippen LogP contribution < -0.4 is 10.1 Å². The monoisotopic (exact) mass is 350 g/mol. The Morgan fingerprint density at radius 1 is 1.20 bits per heavy atom. The van der Waals surface area contributed by atoms with Gasteiger partial charge < -0.3 is 24.6 Å². The Hall–Kier alpha value is -1.67. The molecule has 25 heavy (non-hydrogen) atoms. The number of hydrogen-bond donors (Lipinski definition) is 2. The van der Waals surface area contributed by atoms with E-state index >= 15 is 0 Å². The van der Waals surface area contributed by atoms with Crippen molar-refractivity contribution >= 4 is 5.91 Å². The third kappa shape index (κ3) is 5.40.